The summed E-state index contributed by atoms with van der Waals surface area (Å²) < 4.78 is 0. The van der Waals surface area contributed by atoms with Crippen LogP contribution in [0.5, 0.6) is 0 Å². The van der Waals surface area contributed by atoms with Crippen LogP contribution in [-0.4, -0.2) is 44.2 Å². The topological polar surface area (TPSA) is 87.6 Å². The van der Waals surface area contributed by atoms with Crippen LogP contribution < -0.4 is 10.6 Å². The molecule has 0 spiro atoms. The second kappa shape index (κ2) is 11.3. The van der Waals surface area contributed by atoms with Crippen LogP contribution in [0.1, 0.15) is 6.92 Å². The van der Waals surface area contributed by atoms with E-state index in [1.807, 2.05) is 0 Å². The number of amidine groups is 1. The molecule has 0 aromatic rings. The zero-order valence-electron chi connectivity index (χ0n) is 10.0. The van der Waals surface area contributed by atoms with Gasteiger partial charge in [-0.05, 0) is 26.2 Å². The van der Waals surface area contributed by atoms with Crippen LogP contribution in [0.3, 0.4) is 0 Å². The second-order valence-electron chi connectivity index (χ2n) is 2.54. The molecule has 0 aromatic carbocycles. The molecular weight excluding hydrogens is 290 g/mol. The van der Waals surface area contributed by atoms with Gasteiger partial charge in [-0.3, -0.25) is 5.10 Å². The SMILES string of the molecule is C[N-]\C(=N/N=C/C(C)=N/N=C(\[S-])NC)NC.[Cu+2]. The van der Waals surface area contributed by atoms with Gasteiger partial charge in [0.2, 0.25) is 0 Å². The Kier molecular flexibility index (Phi) is 12.1. The Morgan fingerprint density at radius 2 is 1.82 bits per heavy atom. The van der Waals surface area contributed by atoms with Crippen molar-refractivity contribution in [3.8, 4) is 0 Å². The van der Waals surface area contributed by atoms with Crippen molar-refractivity contribution >= 4 is 35.7 Å². The van der Waals surface area contributed by atoms with Gasteiger partial charge in [0.1, 0.15) is 0 Å². The summed E-state index contributed by atoms with van der Waals surface area (Å²) in [6.45, 7) is 1.74. The Morgan fingerprint density at radius 1 is 1.18 bits per heavy atom. The van der Waals surface area contributed by atoms with Gasteiger partial charge in [-0.2, -0.15) is 10.2 Å². The Balaban J connectivity index is 0. The molecule has 0 amide bonds. The van der Waals surface area contributed by atoms with E-state index in [9.17, 15) is 0 Å². The van der Waals surface area contributed by atoms with Gasteiger partial charge in [-0.15, -0.1) is 0 Å². The van der Waals surface area contributed by atoms with Crippen LogP contribution in [0.15, 0.2) is 20.4 Å². The fourth-order valence-corrected chi connectivity index (χ4v) is 0.615. The smallest absolute Gasteiger partial charge is 0.741 e. The summed E-state index contributed by atoms with van der Waals surface area (Å²) in [6.07, 6.45) is 1.46. The quantitative estimate of drug-likeness (QED) is 0.254. The third-order valence-electron chi connectivity index (χ3n) is 1.34. The van der Waals surface area contributed by atoms with Gasteiger partial charge in [-0.1, -0.05) is 0 Å². The van der Waals surface area contributed by atoms with Gasteiger partial charge < -0.3 is 28.6 Å². The first-order valence-electron chi connectivity index (χ1n) is 4.49. The van der Waals surface area contributed by atoms with Crippen molar-refractivity contribution in [2.24, 2.45) is 20.4 Å². The molecule has 0 aliphatic carbocycles. The number of hydrogen-bond acceptors (Lipinski definition) is 5. The molecule has 0 bridgehead atoms. The van der Waals surface area contributed by atoms with Gasteiger partial charge in [0.15, 0.2) is 0 Å². The molecule has 1 radical (unpaired) electrons. The summed E-state index contributed by atoms with van der Waals surface area (Å²) >= 11 is 4.78. The number of nitrogens with one attached hydrogen (secondary N) is 2. The van der Waals surface area contributed by atoms with Crippen LogP contribution in [0.4, 0.5) is 0 Å². The molecule has 0 saturated heterocycles. The van der Waals surface area contributed by atoms with Gasteiger partial charge in [0, 0.05) is 13.0 Å². The molecule has 0 atom stereocenters. The standard InChI is InChI=1S/C8H16N7S.Cu/c1-6(13-15-8(16)11-4)5-12-14-7(9-2)10-3;/h5H,1-4H3,(H3-,9,10,11,12,13,14,15,16);/q-1;+2/p-1. The fraction of sp³-hybridized carbons (Fsp3) is 0.500. The molecule has 17 heavy (non-hydrogen) atoms. The summed E-state index contributed by atoms with van der Waals surface area (Å²) in [5, 5.41) is 24.6. The first-order valence-corrected chi connectivity index (χ1v) is 4.90. The maximum absolute atomic E-state index is 4.78. The van der Waals surface area contributed by atoms with Crippen molar-refractivity contribution in [2.45, 2.75) is 6.92 Å². The average molecular weight is 305 g/mol. The molecule has 0 fully saturated rings. The molecule has 0 aliphatic rings. The van der Waals surface area contributed by atoms with Crippen LogP contribution in [0.2, 0.25) is 0 Å². The van der Waals surface area contributed by atoms with Crippen LogP contribution in [0.25, 0.3) is 5.32 Å². The van der Waals surface area contributed by atoms with E-state index in [1.165, 1.54) is 6.21 Å². The van der Waals surface area contributed by atoms with Crippen molar-refractivity contribution in [1.29, 1.82) is 0 Å². The maximum atomic E-state index is 4.78. The van der Waals surface area contributed by atoms with Gasteiger partial charge in [0.25, 0.3) is 0 Å². The van der Waals surface area contributed by atoms with Crippen molar-refractivity contribution in [3.63, 3.8) is 0 Å². The summed E-state index contributed by atoms with van der Waals surface area (Å²) in [4.78, 5) is 0. The predicted molar refractivity (Wildman–Crippen MR) is 71.2 cm³/mol. The zero-order valence-corrected chi connectivity index (χ0v) is 11.8. The molecule has 0 aromatic heterocycles. The van der Waals surface area contributed by atoms with Crippen molar-refractivity contribution in [1.82, 2.24) is 10.6 Å². The van der Waals surface area contributed by atoms with E-state index >= 15 is 0 Å². The molecule has 0 heterocycles. The predicted octanol–water partition coefficient (Wildman–Crippen LogP) is 0.0468. The third kappa shape index (κ3) is 9.73. The van der Waals surface area contributed by atoms with E-state index in [0.29, 0.717) is 16.8 Å². The molecule has 0 aliphatic heterocycles. The van der Waals surface area contributed by atoms with E-state index in [0.717, 1.165) is 0 Å². The minimum atomic E-state index is 0. The maximum Gasteiger partial charge on any atom is 2.00 e. The molecule has 0 saturated carbocycles. The molecule has 2 N–H and O–H groups in total. The molecule has 0 rings (SSSR count). The fourth-order valence-electron chi connectivity index (χ4n) is 0.574. The van der Waals surface area contributed by atoms with E-state index in [4.69, 9.17) is 12.6 Å². The minimum Gasteiger partial charge on any atom is -0.741 e. The first kappa shape index (κ1) is 18.2. The molecular formula is C8H15CuN7S. The van der Waals surface area contributed by atoms with Gasteiger partial charge in [-0.25, -0.2) is 5.10 Å². The summed E-state index contributed by atoms with van der Waals surface area (Å²) in [5.74, 6) is 0.437. The van der Waals surface area contributed by atoms with Crippen molar-refractivity contribution < 1.29 is 17.1 Å². The number of nitrogens with zero attached hydrogens (tertiary/aromatic N) is 5. The minimum absolute atomic E-state index is 0. The first-order chi connectivity index (χ1) is 7.63. The summed E-state index contributed by atoms with van der Waals surface area (Å²) in [5.41, 5.74) is 0.591. The van der Waals surface area contributed by atoms with E-state index < -0.39 is 0 Å². The Morgan fingerprint density at radius 3 is 2.29 bits per heavy atom. The molecule has 0 unspecified atom stereocenters. The van der Waals surface area contributed by atoms with Crippen molar-refractivity contribution in [3.05, 3.63) is 5.32 Å². The second-order valence-corrected chi connectivity index (χ2v) is 2.93. The number of hydrogen-bond donors (Lipinski definition) is 2. The van der Waals surface area contributed by atoms with Crippen LogP contribution >= 0.6 is 0 Å². The largest absolute Gasteiger partial charge is 2.00 e. The Hall–Kier alpha value is -1.18. The van der Waals surface area contributed by atoms with Crippen LogP contribution in [0, 0.1) is 0 Å². The third-order valence-corrected chi connectivity index (χ3v) is 1.63. The zero-order chi connectivity index (χ0) is 12.4. The normalized spacial score (nSPS) is 13.3. The van der Waals surface area contributed by atoms with Gasteiger partial charge >= 0.3 is 17.1 Å². The Labute approximate surface area is 117 Å². The number of rotatable bonds is 3. The molecule has 7 nitrogen and oxygen atoms in total. The summed E-state index contributed by atoms with van der Waals surface area (Å²) in [7, 11) is 5.01. The molecule has 9 heteroatoms. The summed E-state index contributed by atoms with van der Waals surface area (Å²) in [6, 6.07) is 0. The van der Waals surface area contributed by atoms with E-state index in [1.54, 1.807) is 28.1 Å². The van der Waals surface area contributed by atoms with Crippen molar-refractivity contribution in [2.75, 3.05) is 21.1 Å². The Bertz CT molecular complexity index is 318. The average Bonchev–Trinajstić information content (AvgIpc) is 2.31. The van der Waals surface area contributed by atoms with Gasteiger partial charge in [0.05, 0.1) is 11.9 Å². The number of guanidine groups is 1. The van der Waals surface area contributed by atoms with Crippen LogP contribution in [-0.2, 0) is 29.7 Å². The molecule has 99 valence electrons. The van der Waals surface area contributed by atoms with E-state index in [-0.39, 0.29) is 17.1 Å². The monoisotopic (exact) mass is 304 g/mol. The van der Waals surface area contributed by atoms with E-state index in [2.05, 4.69) is 36.4 Å².